The second kappa shape index (κ2) is 8.53. The van der Waals surface area contributed by atoms with Gasteiger partial charge >= 0.3 is 0 Å². The molecule has 0 saturated carbocycles. The molecule has 1 aromatic heterocycles. The summed E-state index contributed by atoms with van der Waals surface area (Å²) < 4.78 is 14.3. The van der Waals surface area contributed by atoms with Crippen LogP contribution in [0.2, 0.25) is 0 Å². The molecule has 4 aromatic rings. The summed E-state index contributed by atoms with van der Waals surface area (Å²) in [4.78, 5) is 6.99. The van der Waals surface area contributed by atoms with Gasteiger partial charge in [-0.25, -0.2) is 4.39 Å². The number of piperazine rings is 1. The molecule has 5 rings (SSSR count). The lowest BCUT2D eigenvalue weighted by Crippen LogP contribution is -2.43. The molecule has 0 radical (unpaired) electrons. The fraction of sp³-hybridized carbons (Fsp3) is 0.185. The molecule has 2 heterocycles. The molecular formula is C27H23FN4O. The molecule has 33 heavy (non-hydrogen) atoms. The molecule has 3 aromatic carbocycles. The van der Waals surface area contributed by atoms with Crippen molar-refractivity contribution >= 4 is 16.6 Å². The van der Waals surface area contributed by atoms with Crippen LogP contribution in [0.25, 0.3) is 33.2 Å². The summed E-state index contributed by atoms with van der Waals surface area (Å²) in [5.74, 6) is -0.309. The molecular weight excluding hydrogens is 415 g/mol. The molecule has 1 fully saturated rings. The third-order valence-corrected chi connectivity index (χ3v) is 6.09. The monoisotopic (exact) mass is 438 g/mol. The minimum absolute atomic E-state index is 0.0343. The summed E-state index contributed by atoms with van der Waals surface area (Å²) in [6.45, 7) is 5.24. The minimum atomic E-state index is -0.275. The summed E-state index contributed by atoms with van der Waals surface area (Å²) in [5.41, 5.74) is 5.95. The second-order valence-electron chi connectivity index (χ2n) is 8.32. The number of anilines is 1. The van der Waals surface area contributed by atoms with E-state index < -0.39 is 0 Å². The van der Waals surface area contributed by atoms with Crippen molar-refractivity contribution in [2.24, 2.45) is 0 Å². The van der Waals surface area contributed by atoms with E-state index >= 15 is 0 Å². The minimum Gasteiger partial charge on any atom is -0.506 e. The average Bonchev–Trinajstić information content (AvgIpc) is 2.83. The normalized spacial score (nSPS) is 13.8. The first-order valence-electron chi connectivity index (χ1n) is 10.9. The number of rotatable bonds is 3. The number of para-hydroxylation sites is 1. The highest BCUT2D eigenvalue weighted by molar-refractivity contribution is 6.02. The fourth-order valence-corrected chi connectivity index (χ4v) is 4.55. The van der Waals surface area contributed by atoms with Gasteiger partial charge in [-0.3, -0.25) is 4.98 Å². The van der Waals surface area contributed by atoms with Crippen LogP contribution >= 0.6 is 0 Å². The number of fused-ring (bicyclic) bond motifs is 1. The third-order valence-electron chi connectivity index (χ3n) is 6.09. The Labute approximate surface area is 191 Å². The average molecular weight is 439 g/mol. The van der Waals surface area contributed by atoms with Gasteiger partial charge in [-0.15, -0.1) is 0 Å². The van der Waals surface area contributed by atoms with E-state index in [1.54, 1.807) is 24.3 Å². The maximum absolute atomic E-state index is 14.3. The molecule has 0 spiro atoms. The number of hydrogen-bond donors (Lipinski definition) is 2. The highest BCUT2D eigenvalue weighted by atomic mass is 19.1. The van der Waals surface area contributed by atoms with Crippen LogP contribution in [0, 0.1) is 24.1 Å². The summed E-state index contributed by atoms with van der Waals surface area (Å²) in [6.07, 6.45) is 1.82. The van der Waals surface area contributed by atoms with Gasteiger partial charge < -0.3 is 15.3 Å². The molecule has 1 aliphatic rings. The van der Waals surface area contributed by atoms with Crippen molar-refractivity contribution < 1.29 is 9.50 Å². The first kappa shape index (κ1) is 20.9. The third kappa shape index (κ3) is 3.88. The van der Waals surface area contributed by atoms with Crippen molar-refractivity contribution in [3.05, 3.63) is 77.7 Å². The van der Waals surface area contributed by atoms with Crippen molar-refractivity contribution in [3.8, 4) is 34.1 Å². The molecule has 2 N–H and O–H groups in total. The molecule has 0 atom stereocenters. The van der Waals surface area contributed by atoms with Crippen molar-refractivity contribution in [3.63, 3.8) is 0 Å². The van der Waals surface area contributed by atoms with Crippen LogP contribution in [0.15, 0.2) is 60.8 Å². The highest BCUT2D eigenvalue weighted by Crippen LogP contribution is 2.40. The summed E-state index contributed by atoms with van der Waals surface area (Å²) in [6, 6.07) is 18.1. The topological polar surface area (TPSA) is 72.2 Å². The quantitative estimate of drug-likeness (QED) is 0.471. The molecule has 1 saturated heterocycles. The van der Waals surface area contributed by atoms with Gasteiger partial charge in [0.2, 0.25) is 0 Å². The molecule has 0 aliphatic carbocycles. The van der Waals surface area contributed by atoms with Gasteiger partial charge in [-0.05, 0) is 53.9 Å². The zero-order valence-corrected chi connectivity index (χ0v) is 18.3. The lowest BCUT2D eigenvalue weighted by molar-refractivity contribution is 0.475. The van der Waals surface area contributed by atoms with E-state index in [0.29, 0.717) is 5.56 Å². The number of nitrogens with zero attached hydrogens (tertiary/aromatic N) is 3. The number of phenolic OH excluding ortho intramolecular Hbond substituents is 1. The molecule has 164 valence electrons. The van der Waals surface area contributed by atoms with Crippen LogP contribution < -0.4 is 10.2 Å². The molecule has 0 unspecified atom stereocenters. The number of aromatic nitrogens is 1. The number of hydrogen-bond acceptors (Lipinski definition) is 5. The maximum atomic E-state index is 14.3. The molecule has 0 amide bonds. The predicted molar refractivity (Wildman–Crippen MR) is 129 cm³/mol. The lowest BCUT2D eigenvalue weighted by atomic mass is 9.96. The maximum Gasteiger partial charge on any atom is 0.141 e. The van der Waals surface area contributed by atoms with Gasteiger partial charge in [0.1, 0.15) is 17.6 Å². The van der Waals surface area contributed by atoms with E-state index in [1.165, 1.54) is 6.07 Å². The van der Waals surface area contributed by atoms with E-state index in [2.05, 4.69) is 15.2 Å². The second-order valence-corrected chi connectivity index (χ2v) is 8.32. The van der Waals surface area contributed by atoms with Gasteiger partial charge in [0.15, 0.2) is 0 Å². The fourth-order valence-electron chi connectivity index (χ4n) is 4.55. The standard InChI is InChI=1S/C27H23FN4O/c1-17-11-20(13-21(28)12-17)24-16-31-25-6-5-18(22-4-2-3-19(15-29)27(22)33)14-23(25)26(24)32-9-7-30-8-10-32/h2-6,11-14,16,30,33H,7-10H2,1H3. The number of aromatic hydroxyl groups is 1. The summed E-state index contributed by atoms with van der Waals surface area (Å²) in [7, 11) is 0. The number of nitriles is 1. The van der Waals surface area contributed by atoms with Gasteiger partial charge in [-0.2, -0.15) is 5.26 Å². The number of benzene rings is 3. The number of pyridine rings is 1. The number of aryl methyl sites for hydroxylation is 1. The van der Waals surface area contributed by atoms with E-state index in [4.69, 9.17) is 0 Å². The van der Waals surface area contributed by atoms with E-state index in [-0.39, 0.29) is 17.1 Å². The lowest BCUT2D eigenvalue weighted by Gasteiger charge is -2.32. The summed E-state index contributed by atoms with van der Waals surface area (Å²) in [5, 5.41) is 24.3. The van der Waals surface area contributed by atoms with Crippen LogP contribution in [-0.4, -0.2) is 36.3 Å². The smallest absolute Gasteiger partial charge is 0.141 e. The van der Waals surface area contributed by atoms with Crippen LogP contribution in [0.4, 0.5) is 10.1 Å². The first-order chi connectivity index (χ1) is 16.0. The zero-order valence-electron chi connectivity index (χ0n) is 18.3. The Bertz CT molecular complexity index is 1380. The Kier molecular flexibility index (Phi) is 5.41. The van der Waals surface area contributed by atoms with Crippen molar-refractivity contribution in [1.29, 1.82) is 5.26 Å². The number of halogens is 1. The van der Waals surface area contributed by atoms with E-state index in [0.717, 1.165) is 65.0 Å². The predicted octanol–water partition coefficient (Wildman–Crippen LogP) is 5.00. The molecule has 0 bridgehead atoms. The number of nitrogens with one attached hydrogen (secondary N) is 1. The Morgan fingerprint density at radius 1 is 1.03 bits per heavy atom. The highest BCUT2D eigenvalue weighted by Gasteiger charge is 2.21. The molecule has 5 nitrogen and oxygen atoms in total. The molecule has 1 aliphatic heterocycles. The van der Waals surface area contributed by atoms with Gasteiger partial charge in [0.25, 0.3) is 0 Å². The SMILES string of the molecule is Cc1cc(F)cc(-c2cnc3ccc(-c4cccc(C#N)c4O)cc3c2N2CCNCC2)c1. The van der Waals surface area contributed by atoms with Crippen LogP contribution in [-0.2, 0) is 0 Å². The van der Waals surface area contributed by atoms with Crippen molar-refractivity contribution in [2.45, 2.75) is 6.92 Å². The van der Waals surface area contributed by atoms with Gasteiger partial charge in [-0.1, -0.05) is 24.3 Å². The van der Waals surface area contributed by atoms with Gasteiger partial charge in [0, 0.05) is 48.9 Å². The Morgan fingerprint density at radius 2 is 1.85 bits per heavy atom. The largest absolute Gasteiger partial charge is 0.506 e. The van der Waals surface area contributed by atoms with Crippen LogP contribution in [0.3, 0.4) is 0 Å². The van der Waals surface area contributed by atoms with Crippen LogP contribution in [0.1, 0.15) is 11.1 Å². The van der Waals surface area contributed by atoms with Crippen molar-refractivity contribution in [2.75, 3.05) is 31.1 Å². The Hall–Kier alpha value is -3.95. The summed E-state index contributed by atoms with van der Waals surface area (Å²) >= 11 is 0. The van der Waals surface area contributed by atoms with Crippen molar-refractivity contribution in [1.82, 2.24) is 10.3 Å². The molecule has 6 heteroatoms. The van der Waals surface area contributed by atoms with Crippen LogP contribution in [0.5, 0.6) is 5.75 Å². The zero-order chi connectivity index (χ0) is 22.9. The van der Waals surface area contributed by atoms with E-state index in [9.17, 15) is 14.8 Å². The Morgan fingerprint density at radius 3 is 2.61 bits per heavy atom. The first-order valence-corrected chi connectivity index (χ1v) is 10.9. The van der Waals surface area contributed by atoms with Gasteiger partial charge in [0.05, 0.1) is 16.8 Å². The number of phenols is 1. The Balaban J connectivity index is 1.77. The van der Waals surface area contributed by atoms with E-state index in [1.807, 2.05) is 43.5 Å².